The number of rotatable bonds is 7. The summed E-state index contributed by atoms with van der Waals surface area (Å²) in [6.07, 6.45) is 1.48. The number of thiophene rings is 1. The van der Waals surface area contributed by atoms with Gasteiger partial charge in [-0.05, 0) is 18.6 Å². The van der Waals surface area contributed by atoms with E-state index in [-0.39, 0.29) is 5.69 Å². The van der Waals surface area contributed by atoms with Crippen LogP contribution in [-0.4, -0.2) is 39.8 Å². The normalized spacial score (nSPS) is 10.9. The molecule has 108 valence electrons. The molecule has 0 aliphatic heterocycles. The van der Waals surface area contributed by atoms with Gasteiger partial charge in [-0.15, -0.1) is 16.4 Å². The number of hydrogen-bond donors (Lipinski definition) is 1. The first-order valence-electron chi connectivity index (χ1n) is 6.37. The van der Waals surface area contributed by atoms with Crippen molar-refractivity contribution in [3.63, 3.8) is 0 Å². The number of aryl methyl sites for hydroxylation is 1. The van der Waals surface area contributed by atoms with E-state index in [1.54, 1.807) is 23.1 Å². The molecule has 0 unspecified atom stereocenters. The minimum atomic E-state index is -1.05. The Morgan fingerprint density at radius 1 is 1.45 bits per heavy atom. The van der Waals surface area contributed by atoms with Gasteiger partial charge in [-0.2, -0.15) is 0 Å². The van der Waals surface area contributed by atoms with Gasteiger partial charge in [-0.1, -0.05) is 12.1 Å². The standard InChI is InChI=1S/C13H17N3O3S/c1-3-9-4-5-10(20-9)8-16-11(6-7-19-2)12(13(17)18)14-15-16/h4-5H,3,6-8H2,1-2H3,(H,17,18). The van der Waals surface area contributed by atoms with E-state index in [2.05, 4.69) is 23.3 Å². The van der Waals surface area contributed by atoms with Crippen molar-refractivity contribution in [1.29, 1.82) is 0 Å². The van der Waals surface area contributed by atoms with E-state index >= 15 is 0 Å². The fourth-order valence-corrected chi connectivity index (χ4v) is 2.86. The molecule has 2 heterocycles. The highest BCUT2D eigenvalue weighted by atomic mass is 32.1. The van der Waals surface area contributed by atoms with Crippen LogP contribution in [0.5, 0.6) is 0 Å². The average Bonchev–Trinajstić information content (AvgIpc) is 3.03. The second kappa shape index (κ2) is 6.62. The highest BCUT2D eigenvalue weighted by Gasteiger charge is 2.19. The number of carbonyl (C=O) groups is 1. The molecule has 0 bridgehead atoms. The van der Waals surface area contributed by atoms with Crippen molar-refractivity contribution >= 4 is 17.3 Å². The quantitative estimate of drug-likeness (QED) is 0.843. The first-order valence-corrected chi connectivity index (χ1v) is 7.19. The van der Waals surface area contributed by atoms with E-state index in [4.69, 9.17) is 9.84 Å². The highest BCUT2D eigenvalue weighted by molar-refractivity contribution is 7.11. The molecule has 6 nitrogen and oxygen atoms in total. The molecule has 0 aromatic carbocycles. The van der Waals surface area contributed by atoms with Gasteiger partial charge in [0.25, 0.3) is 0 Å². The molecule has 7 heteroatoms. The molecule has 0 saturated heterocycles. The second-order valence-electron chi connectivity index (χ2n) is 4.31. The zero-order chi connectivity index (χ0) is 14.5. The van der Waals surface area contributed by atoms with Gasteiger partial charge < -0.3 is 9.84 Å². The molecule has 20 heavy (non-hydrogen) atoms. The second-order valence-corrected chi connectivity index (χ2v) is 5.56. The lowest BCUT2D eigenvalue weighted by molar-refractivity contribution is 0.0688. The van der Waals surface area contributed by atoms with Crippen molar-refractivity contribution in [1.82, 2.24) is 15.0 Å². The number of ether oxygens (including phenoxy) is 1. The third-order valence-electron chi connectivity index (χ3n) is 2.95. The maximum atomic E-state index is 11.1. The zero-order valence-corrected chi connectivity index (χ0v) is 12.3. The third kappa shape index (κ3) is 3.23. The largest absolute Gasteiger partial charge is 0.476 e. The number of hydrogen-bond acceptors (Lipinski definition) is 5. The Kier molecular flexibility index (Phi) is 4.86. The van der Waals surface area contributed by atoms with Crippen LogP contribution in [0.25, 0.3) is 0 Å². The average molecular weight is 295 g/mol. The Balaban J connectivity index is 2.23. The summed E-state index contributed by atoms with van der Waals surface area (Å²) in [5.41, 5.74) is 0.611. The smallest absolute Gasteiger partial charge is 0.358 e. The lowest BCUT2D eigenvalue weighted by Gasteiger charge is -2.05. The van der Waals surface area contributed by atoms with Crippen molar-refractivity contribution < 1.29 is 14.6 Å². The van der Waals surface area contributed by atoms with E-state index in [9.17, 15) is 4.79 Å². The van der Waals surface area contributed by atoms with Gasteiger partial charge in [0.1, 0.15) is 0 Å². The Hall–Kier alpha value is -1.73. The molecule has 0 atom stereocenters. The summed E-state index contributed by atoms with van der Waals surface area (Å²) >= 11 is 1.71. The van der Waals surface area contributed by atoms with E-state index in [0.717, 1.165) is 11.3 Å². The number of methoxy groups -OCH3 is 1. The third-order valence-corrected chi connectivity index (χ3v) is 4.17. The van der Waals surface area contributed by atoms with Gasteiger partial charge in [0.15, 0.2) is 5.69 Å². The van der Waals surface area contributed by atoms with E-state index in [1.807, 2.05) is 6.07 Å². The van der Waals surface area contributed by atoms with Crippen LogP contribution in [0, 0.1) is 0 Å². The molecule has 0 saturated carbocycles. The van der Waals surface area contributed by atoms with Gasteiger partial charge in [-0.3, -0.25) is 0 Å². The summed E-state index contributed by atoms with van der Waals surface area (Å²) in [4.78, 5) is 13.6. The zero-order valence-electron chi connectivity index (χ0n) is 11.5. The van der Waals surface area contributed by atoms with Crippen LogP contribution in [0.4, 0.5) is 0 Å². The van der Waals surface area contributed by atoms with Gasteiger partial charge in [0.2, 0.25) is 0 Å². The van der Waals surface area contributed by atoms with Crippen LogP contribution in [0.15, 0.2) is 12.1 Å². The lowest BCUT2D eigenvalue weighted by atomic mass is 10.2. The van der Waals surface area contributed by atoms with Gasteiger partial charge in [-0.25, -0.2) is 9.48 Å². The van der Waals surface area contributed by atoms with Gasteiger partial charge >= 0.3 is 5.97 Å². The lowest BCUT2D eigenvalue weighted by Crippen LogP contribution is -2.11. The predicted octanol–water partition coefficient (Wildman–Crippen LogP) is 1.84. The van der Waals surface area contributed by atoms with Crippen molar-refractivity contribution in [2.75, 3.05) is 13.7 Å². The van der Waals surface area contributed by atoms with Gasteiger partial charge in [0.05, 0.1) is 18.8 Å². The Morgan fingerprint density at radius 3 is 2.80 bits per heavy atom. The van der Waals surface area contributed by atoms with Crippen molar-refractivity contribution in [2.45, 2.75) is 26.3 Å². The SMILES string of the molecule is CCc1ccc(Cn2nnc(C(=O)O)c2CCOC)s1. The first-order chi connectivity index (χ1) is 9.65. The van der Waals surface area contributed by atoms with Crippen LogP contribution < -0.4 is 0 Å². The fraction of sp³-hybridized carbons (Fsp3) is 0.462. The minimum absolute atomic E-state index is 0.00863. The summed E-state index contributed by atoms with van der Waals surface area (Å²) < 4.78 is 6.66. The maximum Gasteiger partial charge on any atom is 0.358 e. The summed E-state index contributed by atoms with van der Waals surface area (Å²) in [5, 5.41) is 16.8. The molecule has 2 aromatic heterocycles. The number of aromatic carboxylic acids is 1. The van der Waals surface area contributed by atoms with Crippen molar-refractivity contribution in [3.05, 3.63) is 33.3 Å². The van der Waals surface area contributed by atoms with Gasteiger partial charge in [0, 0.05) is 23.3 Å². The molecular weight excluding hydrogens is 278 g/mol. The molecule has 2 aromatic rings. The molecule has 1 N–H and O–H groups in total. The van der Waals surface area contributed by atoms with Crippen LogP contribution in [-0.2, 0) is 24.1 Å². The highest BCUT2D eigenvalue weighted by Crippen LogP contribution is 2.19. The van der Waals surface area contributed by atoms with Crippen molar-refractivity contribution in [3.8, 4) is 0 Å². The Bertz CT molecular complexity index is 591. The Labute approximate surface area is 121 Å². The van der Waals surface area contributed by atoms with E-state index < -0.39 is 5.97 Å². The Morgan fingerprint density at radius 2 is 2.20 bits per heavy atom. The fourth-order valence-electron chi connectivity index (χ4n) is 1.92. The topological polar surface area (TPSA) is 77.2 Å². The summed E-state index contributed by atoms with van der Waals surface area (Å²) in [7, 11) is 1.58. The molecule has 0 aliphatic rings. The monoisotopic (exact) mass is 295 g/mol. The molecular formula is C13H17N3O3S. The molecule has 0 radical (unpaired) electrons. The molecule has 0 fully saturated rings. The molecule has 2 rings (SSSR count). The first kappa shape index (κ1) is 14.7. The summed E-state index contributed by atoms with van der Waals surface area (Å²) in [6, 6.07) is 4.13. The predicted molar refractivity (Wildman–Crippen MR) is 75.4 cm³/mol. The van der Waals surface area contributed by atoms with E-state index in [1.165, 1.54) is 4.88 Å². The van der Waals surface area contributed by atoms with Crippen LogP contribution in [0.1, 0.15) is 32.9 Å². The number of carboxylic acids is 1. The van der Waals surface area contributed by atoms with Crippen LogP contribution in [0.2, 0.25) is 0 Å². The number of carboxylic acid groups (broad SMARTS) is 1. The number of aromatic nitrogens is 3. The van der Waals surface area contributed by atoms with Crippen LogP contribution in [0.3, 0.4) is 0 Å². The summed E-state index contributed by atoms with van der Waals surface area (Å²) in [6.45, 7) is 3.10. The molecule has 0 amide bonds. The van der Waals surface area contributed by atoms with Crippen molar-refractivity contribution in [2.24, 2.45) is 0 Å². The van der Waals surface area contributed by atoms with Crippen LogP contribution >= 0.6 is 11.3 Å². The minimum Gasteiger partial charge on any atom is -0.476 e. The number of nitrogens with zero attached hydrogens (tertiary/aromatic N) is 3. The van der Waals surface area contributed by atoms with E-state index in [0.29, 0.717) is 25.3 Å². The molecule has 0 aliphatic carbocycles. The summed E-state index contributed by atoms with van der Waals surface area (Å²) in [5.74, 6) is -1.05. The molecule has 0 spiro atoms. The maximum absolute atomic E-state index is 11.1.